The molecule has 0 amide bonds. The van der Waals surface area contributed by atoms with Gasteiger partial charge in [-0.3, -0.25) is 9.59 Å². The number of carbonyl (C=O) groups excluding carboxylic acids is 2. The third-order valence-corrected chi connectivity index (χ3v) is 1.98. The average molecular weight is 206 g/mol. The van der Waals surface area contributed by atoms with E-state index in [1.807, 2.05) is 6.92 Å². The van der Waals surface area contributed by atoms with Gasteiger partial charge in [0.1, 0.15) is 11.5 Å². The van der Waals surface area contributed by atoms with Crippen LogP contribution in [0.15, 0.2) is 24.3 Å². The van der Waals surface area contributed by atoms with E-state index in [9.17, 15) is 9.59 Å². The Morgan fingerprint density at radius 2 is 1.80 bits per heavy atom. The molecular weight excluding hydrogens is 192 g/mol. The van der Waals surface area contributed by atoms with Gasteiger partial charge in [0.05, 0.1) is 0 Å². The lowest BCUT2D eigenvalue weighted by atomic mass is 10.1. The zero-order chi connectivity index (χ0) is 11.3. The summed E-state index contributed by atoms with van der Waals surface area (Å²) in [6, 6.07) is 6.98. The van der Waals surface area contributed by atoms with Gasteiger partial charge in [-0.15, -0.1) is 0 Å². The number of ketones is 1. The number of hydrogen-bond acceptors (Lipinski definition) is 3. The molecule has 80 valence electrons. The van der Waals surface area contributed by atoms with Crippen LogP contribution >= 0.6 is 0 Å². The summed E-state index contributed by atoms with van der Waals surface area (Å²) in [6.07, 6.45) is 0.989. The van der Waals surface area contributed by atoms with Gasteiger partial charge < -0.3 is 4.74 Å². The van der Waals surface area contributed by atoms with Crippen molar-refractivity contribution in [1.82, 2.24) is 0 Å². The topological polar surface area (TPSA) is 43.4 Å². The van der Waals surface area contributed by atoms with Crippen molar-refractivity contribution in [3.63, 3.8) is 0 Å². The maximum Gasteiger partial charge on any atom is 0.308 e. The molecule has 0 fully saturated rings. The third-order valence-electron chi connectivity index (χ3n) is 1.98. The first-order valence-electron chi connectivity index (χ1n) is 4.91. The van der Waals surface area contributed by atoms with Crippen LogP contribution in [-0.4, -0.2) is 11.8 Å². The summed E-state index contributed by atoms with van der Waals surface area (Å²) >= 11 is 0. The quantitative estimate of drug-likeness (QED) is 0.560. The number of ether oxygens (including phenoxy) is 1. The summed E-state index contributed by atoms with van der Waals surface area (Å²) in [6.45, 7) is 3.20. The molecule has 0 spiro atoms. The Hall–Kier alpha value is -1.64. The molecule has 0 atom stereocenters. The van der Waals surface area contributed by atoms with Crippen LogP contribution in [0.3, 0.4) is 0 Å². The molecule has 0 aliphatic carbocycles. The Morgan fingerprint density at radius 3 is 2.27 bits per heavy atom. The van der Waals surface area contributed by atoms with Crippen LogP contribution in [0.1, 0.15) is 25.8 Å². The summed E-state index contributed by atoms with van der Waals surface area (Å²) in [7, 11) is 0. The van der Waals surface area contributed by atoms with Gasteiger partial charge in [0, 0.05) is 19.8 Å². The lowest BCUT2D eigenvalue weighted by Crippen LogP contribution is -2.02. The normalized spacial score (nSPS) is 9.73. The highest BCUT2D eigenvalue weighted by molar-refractivity contribution is 5.80. The number of Topliss-reactive ketones (excluding diaryl/α,β-unsaturated/α-hetero) is 1. The molecule has 0 aliphatic rings. The first-order valence-corrected chi connectivity index (χ1v) is 4.91. The van der Waals surface area contributed by atoms with Gasteiger partial charge in [-0.2, -0.15) is 0 Å². The molecular formula is C12H14O3. The van der Waals surface area contributed by atoms with Crippen LogP contribution in [-0.2, 0) is 16.0 Å². The number of benzene rings is 1. The number of carbonyl (C=O) groups is 2. The van der Waals surface area contributed by atoms with E-state index in [1.165, 1.54) is 6.92 Å². The molecule has 0 aromatic heterocycles. The van der Waals surface area contributed by atoms with E-state index in [1.54, 1.807) is 24.3 Å². The maximum absolute atomic E-state index is 11.2. The summed E-state index contributed by atoms with van der Waals surface area (Å²) in [4.78, 5) is 21.8. The zero-order valence-electron chi connectivity index (χ0n) is 8.95. The first-order chi connectivity index (χ1) is 7.11. The minimum Gasteiger partial charge on any atom is -0.427 e. The van der Waals surface area contributed by atoms with Gasteiger partial charge in [0.15, 0.2) is 0 Å². The Morgan fingerprint density at radius 1 is 1.20 bits per heavy atom. The molecule has 0 N–H and O–H groups in total. The molecule has 1 rings (SSSR count). The van der Waals surface area contributed by atoms with Crippen molar-refractivity contribution in [2.75, 3.05) is 0 Å². The van der Waals surface area contributed by atoms with Crippen molar-refractivity contribution in [2.24, 2.45) is 0 Å². The second kappa shape index (κ2) is 5.29. The van der Waals surface area contributed by atoms with Crippen molar-refractivity contribution < 1.29 is 14.3 Å². The van der Waals surface area contributed by atoms with E-state index in [2.05, 4.69) is 0 Å². The largest absolute Gasteiger partial charge is 0.427 e. The Balaban J connectivity index is 2.64. The van der Waals surface area contributed by atoms with Gasteiger partial charge in [-0.05, 0) is 17.7 Å². The van der Waals surface area contributed by atoms with E-state index >= 15 is 0 Å². The maximum atomic E-state index is 11.2. The van der Waals surface area contributed by atoms with Crippen LogP contribution in [0.5, 0.6) is 5.75 Å². The van der Waals surface area contributed by atoms with E-state index in [0.29, 0.717) is 18.6 Å². The Labute approximate surface area is 89.1 Å². The highest BCUT2D eigenvalue weighted by Gasteiger charge is 2.02. The molecule has 0 saturated carbocycles. The number of hydrogen-bond donors (Lipinski definition) is 0. The molecule has 15 heavy (non-hydrogen) atoms. The first kappa shape index (κ1) is 11.4. The molecule has 1 aromatic rings. The van der Waals surface area contributed by atoms with E-state index < -0.39 is 0 Å². The molecule has 0 unspecified atom stereocenters. The molecule has 3 heteroatoms. The smallest absolute Gasteiger partial charge is 0.308 e. The molecule has 0 aliphatic heterocycles. The fourth-order valence-electron chi connectivity index (χ4n) is 1.19. The number of esters is 1. The molecule has 0 radical (unpaired) electrons. The summed E-state index contributed by atoms with van der Waals surface area (Å²) in [5.41, 5.74) is 0.942. The van der Waals surface area contributed by atoms with E-state index in [-0.39, 0.29) is 11.8 Å². The molecule has 1 aromatic carbocycles. The van der Waals surface area contributed by atoms with E-state index in [4.69, 9.17) is 4.74 Å². The second-order valence-corrected chi connectivity index (χ2v) is 3.31. The van der Waals surface area contributed by atoms with Crippen LogP contribution in [0, 0.1) is 0 Å². The summed E-state index contributed by atoms with van der Waals surface area (Å²) in [5.74, 6) is 0.373. The second-order valence-electron chi connectivity index (χ2n) is 3.31. The molecule has 0 heterocycles. The predicted octanol–water partition coefficient (Wildman–Crippen LogP) is 2.13. The summed E-state index contributed by atoms with van der Waals surface area (Å²) in [5, 5.41) is 0. The highest BCUT2D eigenvalue weighted by atomic mass is 16.5. The van der Waals surface area contributed by atoms with Crippen LogP contribution < -0.4 is 4.74 Å². The van der Waals surface area contributed by atoms with Gasteiger partial charge >= 0.3 is 5.97 Å². The number of rotatable bonds is 4. The van der Waals surface area contributed by atoms with Crippen molar-refractivity contribution in [1.29, 1.82) is 0 Å². The van der Waals surface area contributed by atoms with Crippen LogP contribution in [0.4, 0.5) is 0 Å². The fourth-order valence-corrected chi connectivity index (χ4v) is 1.19. The monoisotopic (exact) mass is 206 g/mol. The summed E-state index contributed by atoms with van der Waals surface area (Å²) < 4.78 is 4.88. The zero-order valence-corrected chi connectivity index (χ0v) is 8.95. The lowest BCUT2D eigenvalue weighted by Gasteiger charge is -2.02. The SMILES string of the molecule is CCC(=O)Cc1ccc(OC(C)=O)cc1. The minimum atomic E-state index is -0.340. The van der Waals surface area contributed by atoms with Crippen molar-refractivity contribution >= 4 is 11.8 Å². The van der Waals surface area contributed by atoms with E-state index in [0.717, 1.165) is 5.56 Å². The van der Waals surface area contributed by atoms with Gasteiger partial charge in [0.25, 0.3) is 0 Å². The Kier molecular flexibility index (Phi) is 4.03. The van der Waals surface area contributed by atoms with Crippen LogP contribution in [0.25, 0.3) is 0 Å². The van der Waals surface area contributed by atoms with Gasteiger partial charge in [0.2, 0.25) is 0 Å². The van der Waals surface area contributed by atoms with Gasteiger partial charge in [-0.25, -0.2) is 0 Å². The fraction of sp³-hybridized carbons (Fsp3) is 0.333. The average Bonchev–Trinajstić information content (AvgIpc) is 2.20. The predicted molar refractivity (Wildman–Crippen MR) is 56.8 cm³/mol. The van der Waals surface area contributed by atoms with Crippen molar-refractivity contribution in [3.8, 4) is 5.75 Å². The minimum absolute atomic E-state index is 0.204. The van der Waals surface area contributed by atoms with Crippen molar-refractivity contribution in [3.05, 3.63) is 29.8 Å². The Bertz CT molecular complexity index is 352. The molecule has 0 bridgehead atoms. The molecule has 3 nitrogen and oxygen atoms in total. The van der Waals surface area contributed by atoms with Crippen molar-refractivity contribution in [2.45, 2.75) is 26.7 Å². The highest BCUT2D eigenvalue weighted by Crippen LogP contribution is 2.13. The lowest BCUT2D eigenvalue weighted by molar-refractivity contribution is -0.131. The third kappa shape index (κ3) is 3.94. The standard InChI is InChI=1S/C12H14O3/c1-3-11(14)8-10-4-6-12(7-5-10)15-9(2)13/h4-7H,3,8H2,1-2H3. The van der Waals surface area contributed by atoms with Gasteiger partial charge in [-0.1, -0.05) is 19.1 Å². The molecule has 0 saturated heterocycles. The van der Waals surface area contributed by atoms with Crippen LogP contribution in [0.2, 0.25) is 0 Å².